The fourth-order valence-corrected chi connectivity index (χ4v) is 3.74. The van der Waals surface area contributed by atoms with Crippen LogP contribution in [0.5, 0.6) is 0 Å². The predicted octanol–water partition coefficient (Wildman–Crippen LogP) is 3.14. The number of carbonyl (C=O) groups is 1. The Morgan fingerprint density at radius 2 is 1.88 bits per heavy atom. The molecule has 1 unspecified atom stereocenters. The van der Waals surface area contributed by atoms with Crippen LogP contribution in [0.3, 0.4) is 0 Å². The van der Waals surface area contributed by atoms with Crippen molar-refractivity contribution in [2.75, 3.05) is 31.1 Å². The molecule has 1 aromatic carbocycles. The lowest BCUT2D eigenvalue weighted by atomic mass is 9.94. The summed E-state index contributed by atoms with van der Waals surface area (Å²) in [5.41, 5.74) is 2.81. The molecule has 0 bridgehead atoms. The van der Waals surface area contributed by atoms with Gasteiger partial charge in [-0.15, -0.1) is 0 Å². The lowest BCUT2D eigenvalue weighted by Gasteiger charge is -2.29. The minimum Gasteiger partial charge on any atom is -0.387 e. The molecular weight excluding hydrogens is 300 g/mol. The number of hydrogen-bond acceptors (Lipinski definition) is 3. The molecule has 132 valence electrons. The maximum Gasteiger partial charge on any atom is 0.232 e. The molecule has 2 heterocycles. The molecular formula is C20H30N2O2. The number of fused-ring (bicyclic) bond motifs is 1. The Bertz CT molecular complexity index is 600. The summed E-state index contributed by atoms with van der Waals surface area (Å²) in [7, 11) is 0. The number of piperidine rings is 1. The zero-order chi connectivity index (χ0) is 17.3. The van der Waals surface area contributed by atoms with Crippen LogP contribution in [0.1, 0.15) is 57.3 Å². The number of amides is 1. The summed E-state index contributed by atoms with van der Waals surface area (Å²) in [5.74, 6) is 0.169. The van der Waals surface area contributed by atoms with Crippen LogP contribution in [0.15, 0.2) is 18.2 Å². The number of hydrogen-bond donors (Lipinski definition) is 1. The van der Waals surface area contributed by atoms with Crippen LogP contribution >= 0.6 is 0 Å². The first-order valence-electron chi connectivity index (χ1n) is 9.21. The highest BCUT2D eigenvalue weighted by Crippen LogP contribution is 2.33. The number of anilines is 1. The van der Waals surface area contributed by atoms with Gasteiger partial charge in [-0.1, -0.05) is 39.3 Å². The van der Waals surface area contributed by atoms with Crippen molar-refractivity contribution in [1.82, 2.24) is 4.90 Å². The number of benzene rings is 1. The minimum absolute atomic E-state index is 0.169. The summed E-state index contributed by atoms with van der Waals surface area (Å²) >= 11 is 0. The zero-order valence-corrected chi connectivity index (χ0v) is 15.2. The van der Waals surface area contributed by atoms with Gasteiger partial charge in [0, 0.05) is 24.2 Å². The molecule has 4 heteroatoms. The van der Waals surface area contributed by atoms with Crippen molar-refractivity contribution >= 4 is 11.6 Å². The quantitative estimate of drug-likeness (QED) is 0.926. The van der Waals surface area contributed by atoms with E-state index in [1.807, 2.05) is 37.8 Å². The van der Waals surface area contributed by atoms with Gasteiger partial charge in [-0.2, -0.15) is 0 Å². The van der Waals surface area contributed by atoms with Crippen molar-refractivity contribution < 1.29 is 9.90 Å². The van der Waals surface area contributed by atoms with Crippen LogP contribution in [0, 0.1) is 5.41 Å². The van der Waals surface area contributed by atoms with E-state index in [0.717, 1.165) is 37.3 Å². The van der Waals surface area contributed by atoms with E-state index in [2.05, 4.69) is 11.0 Å². The average Bonchev–Trinajstić information content (AvgIpc) is 2.97. The first kappa shape index (κ1) is 17.4. The summed E-state index contributed by atoms with van der Waals surface area (Å²) in [6.07, 6.45) is 4.22. The zero-order valence-electron chi connectivity index (χ0n) is 15.2. The van der Waals surface area contributed by atoms with Gasteiger partial charge in [0.1, 0.15) is 0 Å². The van der Waals surface area contributed by atoms with Crippen LogP contribution < -0.4 is 4.90 Å². The van der Waals surface area contributed by atoms with Gasteiger partial charge >= 0.3 is 0 Å². The number of aliphatic hydroxyl groups excluding tert-OH is 1. The normalized spacial score (nSPS) is 20.1. The maximum absolute atomic E-state index is 12.6. The van der Waals surface area contributed by atoms with E-state index in [9.17, 15) is 9.90 Å². The first-order valence-corrected chi connectivity index (χ1v) is 9.21. The van der Waals surface area contributed by atoms with Gasteiger partial charge in [0.2, 0.25) is 5.91 Å². The standard InChI is InChI=1S/C20H30N2O2/c1-20(2,3)19(24)22-12-9-15-13-16(7-8-17(15)22)18(23)14-21-10-5-4-6-11-21/h7-8,13,18,23H,4-6,9-12,14H2,1-3H3. The van der Waals surface area contributed by atoms with E-state index in [-0.39, 0.29) is 11.3 Å². The molecule has 2 aliphatic heterocycles. The Morgan fingerprint density at radius 3 is 2.54 bits per heavy atom. The van der Waals surface area contributed by atoms with E-state index >= 15 is 0 Å². The smallest absolute Gasteiger partial charge is 0.232 e. The molecule has 24 heavy (non-hydrogen) atoms. The van der Waals surface area contributed by atoms with Crippen molar-refractivity contribution in [2.24, 2.45) is 5.41 Å². The van der Waals surface area contributed by atoms with Gasteiger partial charge < -0.3 is 14.9 Å². The average molecular weight is 330 g/mol. The maximum atomic E-state index is 12.6. The van der Waals surface area contributed by atoms with Gasteiger partial charge in [0.15, 0.2) is 0 Å². The van der Waals surface area contributed by atoms with Gasteiger partial charge in [0.25, 0.3) is 0 Å². The summed E-state index contributed by atoms with van der Waals surface area (Å²) in [5, 5.41) is 10.6. The van der Waals surface area contributed by atoms with Crippen molar-refractivity contribution in [3.05, 3.63) is 29.3 Å². The molecule has 0 radical (unpaired) electrons. The van der Waals surface area contributed by atoms with Crippen LogP contribution in [0.2, 0.25) is 0 Å². The fraction of sp³-hybridized carbons (Fsp3) is 0.650. The fourth-order valence-electron chi connectivity index (χ4n) is 3.74. The molecule has 0 spiro atoms. The molecule has 0 aliphatic carbocycles. The third-order valence-corrected chi connectivity index (χ3v) is 5.15. The highest BCUT2D eigenvalue weighted by Gasteiger charge is 2.32. The number of rotatable bonds is 3. The summed E-state index contributed by atoms with van der Waals surface area (Å²) < 4.78 is 0. The number of nitrogens with zero attached hydrogens (tertiary/aromatic N) is 2. The number of aliphatic hydroxyl groups is 1. The molecule has 1 saturated heterocycles. The van der Waals surface area contributed by atoms with Gasteiger partial charge in [-0.25, -0.2) is 0 Å². The summed E-state index contributed by atoms with van der Waals surface area (Å²) in [6, 6.07) is 6.10. The number of carbonyl (C=O) groups excluding carboxylic acids is 1. The number of likely N-dealkylation sites (tertiary alicyclic amines) is 1. The molecule has 1 atom stereocenters. The van der Waals surface area contributed by atoms with E-state index in [1.54, 1.807) is 0 Å². The van der Waals surface area contributed by atoms with Crippen LogP contribution in [-0.4, -0.2) is 42.1 Å². The second-order valence-electron chi connectivity index (χ2n) is 8.22. The number of β-amino-alcohol motifs (C(OH)–C–C–N with tert-alkyl or cyclic N) is 1. The van der Waals surface area contributed by atoms with Crippen molar-refractivity contribution in [1.29, 1.82) is 0 Å². The Balaban J connectivity index is 1.71. The molecule has 1 aromatic rings. The van der Waals surface area contributed by atoms with Gasteiger partial charge in [0.05, 0.1) is 6.10 Å². The second kappa shape index (κ2) is 6.85. The van der Waals surface area contributed by atoms with E-state index < -0.39 is 6.10 Å². The van der Waals surface area contributed by atoms with E-state index in [4.69, 9.17) is 0 Å². The van der Waals surface area contributed by atoms with Gasteiger partial charge in [-0.3, -0.25) is 4.79 Å². The Kier molecular flexibility index (Phi) is 4.97. The molecule has 4 nitrogen and oxygen atoms in total. The molecule has 1 N–H and O–H groups in total. The van der Waals surface area contributed by atoms with E-state index in [0.29, 0.717) is 6.54 Å². The van der Waals surface area contributed by atoms with Crippen molar-refractivity contribution in [3.63, 3.8) is 0 Å². The predicted molar refractivity (Wildman–Crippen MR) is 97.2 cm³/mol. The summed E-state index contributed by atoms with van der Waals surface area (Å²) in [6.45, 7) is 9.53. The third-order valence-electron chi connectivity index (χ3n) is 5.15. The van der Waals surface area contributed by atoms with Gasteiger partial charge in [-0.05, 0) is 49.5 Å². The van der Waals surface area contributed by atoms with Crippen molar-refractivity contribution in [2.45, 2.75) is 52.6 Å². The Hall–Kier alpha value is -1.39. The summed E-state index contributed by atoms with van der Waals surface area (Å²) in [4.78, 5) is 16.8. The SMILES string of the molecule is CC(C)(C)C(=O)N1CCc2cc(C(O)CN3CCCCC3)ccc21. The van der Waals surface area contributed by atoms with Crippen LogP contribution in [-0.2, 0) is 11.2 Å². The topological polar surface area (TPSA) is 43.8 Å². The Labute approximate surface area is 145 Å². The molecule has 0 saturated carbocycles. The van der Waals surface area contributed by atoms with E-state index in [1.165, 1.54) is 24.8 Å². The van der Waals surface area contributed by atoms with Crippen LogP contribution in [0.25, 0.3) is 0 Å². The largest absolute Gasteiger partial charge is 0.387 e. The Morgan fingerprint density at radius 1 is 1.17 bits per heavy atom. The second-order valence-corrected chi connectivity index (χ2v) is 8.22. The monoisotopic (exact) mass is 330 g/mol. The minimum atomic E-state index is -0.444. The van der Waals surface area contributed by atoms with Crippen LogP contribution in [0.4, 0.5) is 5.69 Å². The first-order chi connectivity index (χ1) is 11.4. The lowest BCUT2D eigenvalue weighted by molar-refractivity contribution is -0.125. The highest BCUT2D eigenvalue weighted by atomic mass is 16.3. The molecule has 1 fully saturated rings. The third kappa shape index (κ3) is 3.65. The molecule has 1 amide bonds. The molecule has 0 aromatic heterocycles. The highest BCUT2D eigenvalue weighted by molar-refractivity contribution is 5.98. The van der Waals surface area contributed by atoms with Crippen molar-refractivity contribution in [3.8, 4) is 0 Å². The molecule has 2 aliphatic rings. The lowest BCUT2D eigenvalue weighted by Crippen LogP contribution is -2.38. The molecule has 3 rings (SSSR count).